The molecule has 0 bridgehead atoms. The Kier molecular flexibility index (Phi) is 4.04. The van der Waals surface area contributed by atoms with E-state index < -0.39 is 0 Å². The minimum Gasteiger partial charge on any atom is -0.343 e. The number of pyridine rings is 1. The molecule has 0 aromatic carbocycles. The highest BCUT2D eigenvalue weighted by Gasteiger charge is 2.15. The Labute approximate surface area is 149 Å². The predicted octanol–water partition coefficient (Wildman–Crippen LogP) is 5.40. The van der Waals surface area contributed by atoms with Gasteiger partial charge in [0.2, 0.25) is 0 Å². The van der Waals surface area contributed by atoms with Crippen LogP contribution < -0.4 is 0 Å². The summed E-state index contributed by atoms with van der Waals surface area (Å²) in [5, 5.41) is 5.22. The van der Waals surface area contributed by atoms with Crippen molar-refractivity contribution >= 4 is 22.7 Å². The van der Waals surface area contributed by atoms with Gasteiger partial charge < -0.3 is 4.57 Å². The molecule has 5 heteroatoms. The fourth-order valence-electron chi connectivity index (χ4n) is 2.87. The number of hydrogen-bond donors (Lipinski definition) is 0. The molecule has 0 aliphatic heterocycles. The standard InChI is InChI=1S/C19H17N3S2/c1-13-10-16(14(2)22(13)11-15-6-5-9-23-15)18-12-24-19(21-18)17-7-3-4-8-20-17/h3-10,12H,11H2,1-2H3. The fraction of sp³-hybridized carbons (Fsp3) is 0.158. The quantitative estimate of drug-likeness (QED) is 0.493. The van der Waals surface area contributed by atoms with Crippen LogP contribution in [0.1, 0.15) is 16.3 Å². The molecule has 0 fully saturated rings. The van der Waals surface area contributed by atoms with Gasteiger partial charge in [-0.2, -0.15) is 0 Å². The fourth-order valence-corrected chi connectivity index (χ4v) is 4.35. The molecule has 0 unspecified atom stereocenters. The van der Waals surface area contributed by atoms with Crippen molar-refractivity contribution in [2.75, 3.05) is 0 Å². The summed E-state index contributed by atoms with van der Waals surface area (Å²) in [5.74, 6) is 0. The summed E-state index contributed by atoms with van der Waals surface area (Å²) in [6, 6.07) is 12.5. The van der Waals surface area contributed by atoms with E-state index in [9.17, 15) is 0 Å². The molecule has 0 saturated heterocycles. The number of rotatable bonds is 4. The molecule has 4 aromatic heterocycles. The Morgan fingerprint density at radius 3 is 2.71 bits per heavy atom. The van der Waals surface area contributed by atoms with Gasteiger partial charge in [-0.3, -0.25) is 4.98 Å². The lowest BCUT2D eigenvalue weighted by atomic mass is 10.2. The minimum absolute atomic E-state index is 0.923. The molecule has 0 N–H and O–H groups in total. The molecule has 4 rings (SSSR count). The van der Waals surface area contributed by atoms with Crippen molar-refractivity contribution in [1.82, 2.24) is 14.5 Å². The molecule has 0 spiro atoms. The molecule has 120 valence electrons. The summed E-state index contributed by atoms with van der Waals surface area (Å²) in [6.45, 7) is 5.26. The Hall–Kier alpha value is -2.24. The third-order valence-corrected chi connectivity index (χ3v) is 5.86. The van der Waals surface area contributed by atoms with Crippen LogP contribution in [0.15, 0.2) is 53.4 Å². The summed E-state index contributed by atoms with van der Waals surface area (Å²) in [5.41, 5.74) is 5.71. The maximum atomic E-state index is 4.81. The largest absolute Gasteiger partial charge is 0.343 e. The lowest BCUT2D eigenvalue weighted by molar-refractivity contribution is 0.760. The average molecular weight is 352 g/mol. The van der Waals surface area contributed by atoms with E-state index in [1.54, 1.807) is 22.7 Å². The normalized spacial score (nSPS) is 11.1. The Balaban J connectivity index is 1.69. The van der Waals surface area contributed by atoms with Gasteiger partial charge in [0.25, 0.3) is 0 Å². The molecule has 3 nitrogen and oxygen atoms in total. The Bertz CT molecular complexity index is 950. The SMILES string of the molecule is Cc1cc(-c2csc(-c3ccccn3)n2)c(C)n1Cc1cccs1. The van der Waals surface area contributed by atoms with Crippen molar-refractivity contribution in [3.05, 3.63) is 69.6 Å². The second kappa shape index (κ2) is 6.34. The van der Waals surface area contributed by atoms with Crippen molar-refractivity contribution < 1.29 is 0 Å². The van der Waals surface area contributed by atoms with Crippen LogP contribution in [0.5, 0.6) is 0 Å². The van der Waals surface area contributed by atoms with Crippen LogP contribution in [-0.2, 0) is 6.54 Å². The Morgan fingerprint density at radius 1 is 1.04 bits per heavy atom. The Morgan fingerprint density at radius 2 is 1.96 bits per heavy atom. The number of aromatic nitrogens is 3. The summed E-state index contributed by atoms with van der Waals surface area (Å²) in [4.78, 5) is 10.6. The van der Waals surface area contributed by atoms with Crippen molar-refractivity contribution in [2.45, 2.75) is 20.4 Å². The molecular formula is C19H17N3S2. The molecule has 0 radical (unpaired) electrons. The molecular weight excluding hydrogens is 334 g/mol. The second-order valence-electron chi connectivity index (χ2n) is 5.70. The van der Waals surface area contributed by atoms with Crippen LogP contribution in [0.2, 0.25) is 0 Å². The molecule has 24 heavy (non-hydrogen) atoms. The van der Waals surface area contributed by atoms with Gasteiger partial charge in [-0.25, -0.2) is 4.98 Å². The smallest absolute Gasteiger partial charge is 0.142 e. The lowest BCUT2D eigenvalue weighted by Crippen LogP contribution is -2.02. The van der Waals surface area contributed by atoms with Crippen molar-refractivity contribution in [3.8, 4) is 22.0 Å². The number of aryl methyl sites for hydroxylation is 1. The first-order valence-corrected chi connectivity index (χ1v) is 9.55. The van der Waals surface area contributed by atoms with E-state index >= 15 is 0 Å². The number of hydrogen-bond acceptors (Lipinski definition) is 4. The molecule has 4 heterocycles. The van der Waals surface area contributed by atoms with E-state index in [0.29, 0.717) is 0 Å². The zero-order valence-corrected chi connectivity index (χ0v) is 15.2. The summed E-state index contributed by atoms with van der Waals surface area (Å²) in [6.07, 6.45) is 1.81. The topological polar surface area (TPSA) is 30.7 Å². The van der Waals surface area contributed by atoms with Crippen LogP contribution in [0.3, 0.4) is 0 Å². The summed E-state index contributed by atoms with van der Waals surface area (Å²) in [7, 11) is 0. The van der Waals surface area contributed by atoms with Gasteiger partial charge in [-0.05, 0) is 43.5 Å². The van der Waals surface area contributed by atoms with Gasteiger partial charge in [0.15, 0.2) is 0 Å². The average Bonchev–Trinajstić information content (AvgIpc) is 3.33. The molecule has 0 amide bonds. The highest BCUT2D eigenvalue weighted by Crippen LogP contribution is 2.32. The molecule has 4 aromatic rings. The van der Waals surface area contributed by atoms with Gasteiger partial charge in [-0.15, -0.1) is 22.7 Å². The third kappa shape index (κ3) is 2.81. The van der Waals surface area contributed by atoms with Crippen molar-refractivity contribution in [2.24, 2.45) is 0 Å². The third-order valence-electron chi connectivity index (χ3n) is 4.13. The van der Waals surface area contributed by atoms with Crippen LogP contribution in [0.25, 0.3) is 22.0 Å². The van der Waals surface area contributed by atoms with Crippen molar-refractivity contribution in [3.63, 3.8) is 0 Å². The lowest BCUT2D eigenvalue weighted by Gasteiger charge is -2.08. The predicted molar refractivity (Wildman–Crippen MR) is 102 cm³/mol. The van der Waals surface area contributed by atoms with Crippen molar-refractivity contribution in [1.29, 1.82) is 0 Å². The van der Waals surface area contributed by atoms with Gasteiger partial charge in [0.1, 0.15) is 5.01 Å². The highest BCUT2D eigenvalue weighted by atomic mass is 32.1. The number of thiophene rings is 1. The van der Waals surface area contributed by atoms with E-state index in [0.717, 1.165) is 22.9 Å². The number of thiazole rings is 1. The maximum Gasteiger partial charge on any atom is 0.142 e. The molecule has 0 aliphatic carbocycles. The van der Waals surface area contributed by atoms with Gasteiger partial charge in [0, 0.05) is 33.4 Å². The van der Waals surface area contributed by atoms with Gasteiger partial charge in [0.05, 0.1) is 17.9 Å². The second-order valence-corrected chi connectivity index (χ2v) is 7.59. The van der Waals surface area contributed by atoms with E-state index in [4.69, 9.17) is 4.98 Å². The highest BCUT2D eigenvalue weighted by molar-refractivity contribution is 7.13. The molecule has 0 saturated carbocycles. The van der Waals surface area contributed by atoms with E-state index in [1.165, 1.54) is 21.8 Å². The maximum absolute atomic E-state index is 4.81. The first-order valence-electron chi connectivity index (χ1n) is 7.79. The van der Waals surface area contributed by atoms with Gasteiger partial charge >= 0.3 is 0 Å². The number of nitrogens with zero attached hydrogens (tertiary/aromatic N) is 3. The van der Waals surface area contributed by atoms with Gasteiger partial charge in [-0.1, -0.05) is 12.1 Å². The summed E-state index contributed by atoms with van der Waals surface area (Å²) < 4.78 is 2.36. The van der Waals surface area contributed by atoms with Crippen LogP contribution in [0.4, 0.5) is 0 Å². The van der Waals surface area contributed by atoms with E-state index in [1.807, 2.05) is 24.4 Å². The zero-order chi connectivity index (χ0) is 16.5. The van der Waals surface area contributed by atoms with E-state index in [-0.39, 0.29) is 0 Å². The molecule has 0 atom stereocenters. The minimum atomic E-state index is 0.923. The summed E-state index contributed by atoms with van der Waals surface area (Å²) >= 11 is 3.44. The van der Waals surface area contributed by atoms with Crippen LogP contribution in [-0.4, -0.2) is 14.5 Å². The van der Waals surface area contributed by atoms with Crippen LogP contribution in [0, 0.1) is 13.8 Å². The first-order chi connectivity index (χ1) is 11.7. The zero-order valence-electron chi connectivity index (χ0n) is 13.6. The first kappa shape index (κ1) is 15.3. The molecule has 0 aliphatic rings. The monoisotopic (exact) mass is 351 g/mol. The van der Waals surface area contributed by atoms with E-state index in [2.05, 4.69) is 52.4 Å². The van der Waals surface area contributed by atoms with Crippen LogP contribution >= 0.6 is 22.7 Å².